The highest BCUT2D eigenvalue weighted by Crippen LogP contribution is 2.24. The van der Waals surface area contributed by atoms with Crippen molar-refractivity contribution in [1.82, 2.24) is 20.4 Å². The van der Waals surface area contributed by atoms with Crippen LogP contribution in [0.2, 0.25) is 0 Å². The summed E-state index contributed by atoms with van der Waals surface area (Å²) in [6, 6.07) is 12.5. The highest BCUT2D eigenvalue weighted by atomic mass is 127. The van der Waals surface area contributed by atoms with E-state index in [1.165, 1.54) is 12.8 Å². The number of benzene rings is 1. The molecule has 1 aliphatic heterocycles. The Morgan fingerprint density at radius 1 is 1.15 bits per heavy atom. The first-order valence-corrected chi connectivity index (χ1v) is 11.8. The van der Waals surface area contributed by atoms with Crippen LogP contribution in [0.4, 0.5) is 0 Å². The summed E-state index contributed by atoms with van der Waals surface area (Å²) in [5, 5.41) is 6.88. The van der Waals surface area contributed by atoms with Gasteiger partial charge in [-0.1, -0.05) is 12.1 Å². The standard InChI is InChI=1S/C25H39N5O2.HI/c1-4-26-25(28-20-23(24-9-7-17-32-24)30-15-5-6-16-30)27-19-21-10-12-22(13-11-21)31-18-8-14-29(2)3;/h7,9-13,17,23H,4-6,8,14-16,18-20H2,1-3H3,(H2,26,27,28);1H. The minimum Gasteiger partial charge on any atom is -0.494 e. The number of furan rings is 1. The minimum atomic E-state index is 0. The summed E-state index contributed by atoms with van der Waals surface area (Å²) in [6.45, 7) is 8.29. The molecule has 1 saturated heterocycles. The van der Waals surface area contributed by atoms with Crippen LogP contribution in [-0.2, 0) is 6.54 Å². The van der Waals surface area contributed by atoms with Gasteiger partial charge in [-0.3, -0.25) is 4.90 Å². The van der Waals surface area contributed by atoms with Crippen molar-refractivity contribution in [2.24, 2.45) is 4.99 Å². The molecule has 0 spiro atoms. The Morgan fingerprint density at radius 2 is 1.91 bits per heavy atom. The topological polar surface area (TPSA) is 65.3 Å². The molecule has 3 rings (SSSR count). The van der Waals surface area contributed by atoms with Crippen LogP contribution in [0.3, 0.4) is 0 Å². The second-order valence-corrected chi connectivity index (χ2v) is 8.50. The maximum atomic E-state index is 5.82. The van der Waals surface area contributed by atoms with Crippen molar-refractivity contribution < 1.29 is 9.15 Å². The molecule has 184 valence electrons. The van der Waals surface area contributed by atoms with Crippen molar-refractivity contribution in [3.63, 3.8) is 0 Å². The van der Waals surface area contributed by atoms with E-state index in [0.29, 0.717) is 6.54 Å². The lowest BCUT2D eigenvalue weighted by Crippen LogP contribution is -2.42. The van der Waals surface area contributed by atoms with Crippen LogP contribution in [0.25, 0.3) is 0 Å². The monoisotopic (exact) mass is 569 g/mol. The van der Waals surface area contributed by atoms with E-state index >= 15 is 0 Å². The van der Waals surface area contributed by atoms with Gasteiger partial charge >= 0.3 is 0 Å². The van der Waals surface area contributed by atoms with Crippen molar-refractivity contribution in [2.75, 3.05) is 53.4 Å². The zero-order valence-electron chi connectivity index (χ0n) is 20.3. The number of nitrogens with zero attached hydrogens (tertiary/aromatic N) is 3. The second-order valence-electron chi connectivity index (χ2n) is 8.50. The normalized spacial score (nSPS) is 15.3. The van der Waals surface area contributed by atoms with Crippen molar-refractivity contribution in [2.45, 2.75) is 38.8 Å². The summed E-state index contributed by atoms with van der Waals surface area (Å²) < 4.78 is 11.6. The average Bonchev–Trinajstić information content (AvgIpc) is 3.51. The molecule has 0 bridgehead atoms. The Kier molecular flexibility index (Phi) is 12.6. The molecule has 1 aromatic heterocycles. The number of hydrogen-bond donors (Lipinski definition) is 2. The molecule has 2 heterocycles. The van der Waals surface area contributed by atoms with E-state index in [2.05, 4.69) is 59.7 Å². The van der Waals surface area contributed by atoms with Crippen LogP contribution in [-0.4, -0.2) is 69.2 Å². The highest BCUT2D eigenvalue weighted by molar-refractivity contribution is 14.0. The number of aliphatic imine (C=N–C) groups is 1. The van der Waals surface area contributed by atoms with Gasteiger partial charge in [0.15, 0.2) is 5.96 Å². The van der Waals surface area contributed by atoms with E-state index in [-0.39, 0.29) is 30.0 Å². The quantitative estimate of drug-likeness (QED) is 0.174. The molecule has 0 aliphatic carbocycles. The molecule has 1 atom stereocenters. The Labute approximate surface area is 216 Å². The zero-order valence-corrected chi connectivity index (χ0v) is 22.6. The summed E-state index contributed by atoms with van der Waals surface area (Å²) in [6.07, 6.45) is 5.28. The smallest absolute Gasteiger partial charge is 0.191 e. The first-order chi connectivity index (χ1) is 15.7. The van der Waals surface area contributed by atoms with Gasteiger partial charge in [-0.2, -0.15) is 0 Å². The molecular weight excluding hydrogens is 529 g/mol. The molecule has 2 N–H and O–H groups in total. The van der Waals surface area contributed by atoms with Crippen LogP contribution < -0.4 is 15.4 Å². The van der Waals surface area contributed by atoms with Crippen molar-refractivity contribution in [3.05, 3.63) is 54.0 Å². The van der Waals surface area contributed by atoms with E-state index in [9.17, 15) is 0 Å². The van der Waals surface area contributed by atoms with E-state index in [4.69, 9.17) is 14.1 Å². The fourth-order valence-corrected chi connectivity index (χ4v) is 3.91. The minimum absolute atomic E-state index is 0. The Morgan fingerprint density at radius 3 is 2.55 bits per heavy atom. The van der Waals surface area contributed by atoms with Gasteiger partial charge in [-0.25, -0.2) is 4.99 Å². The largest absolute Gasteiger partial charge is 0.494 e. The Hall–Kier alpha value is -1.78. The number of halogens is 1. The number of ether oxygens (including phenoxy) is 1. The van der Waals surface area contributed by atoms with Gasteiger partial charge in [0.05, 0.1) is 25.5 Å². The number of nitrogens with one attached hydrogen (secondary N) is 2. The van der Waals surface area contributed by atoms with Crippen LogP contribution >= 0.6 is 24.0 Å². The summed E-state index contributed by atoms with van der Waals surface area (Å²) in [7, 11) is 4.16. The van der Waals surface area contributed by atoms with Gasteiger partial charge < -0.3 is 24.7 Å². The molecule has 8 heteroatoms. The molecule has 1 aliphatic rings. The number of likely N-dealkylation sites (tertiary alicyclic amines) is 1. The molecule has 0 amide bonds. The predicted octanol–water partition coefficient (Wildman–Crippen LogP) is 4.12. The number of hydrogen-bond acceptors (Lipinski definition) is 5. The van der Waals surface area contributed by atoms with Crippen LogP contribution in [0.5, 0.6) is 5.75 Å². The molecule has 1 unspecified atom stereocenters. The summed E-state index contributed by atoms with van der Waals surface area (Å²) in [5.41, 5.74) is 1.16. The van der Waals surface area contributed by atoms with Crippen LogP contribution in [0.1, 0.15) is 43.6 Å². The lowest BCUT2D eigenvalue weighted by Gasteiger charge is -2.26. The Balaban J connectivity index is 0.00000385. The van der Waals surface area contributed by atoms with Gasteiger partial charge in [0, 0.05) is 19.6 Å². The molecular formula is C25H40IN5O2. The maximum Gasteiger partial charge on any atom is 0.191 e. The van der Waals surface area contributed by atoms with E-state index in [1.54, 1.807) is 6.26 Å². The van der Waals surface area contributed by atoms with Crippen molar-refractivity contribution in [3.8, 4) is 5.75 Å². The van der Waals surface area contributed by atoms with Crippen molar-refractivity contribution in [1.29, 1.82) is 0 Å². The second kappa shape index (κ2) is 15.2. The van der Waals surface area contributed by atoms with Gasteiger partial charge in [0.2, 0.25) is 0 Å². The molecule has 0 radical (unpaired) electrons. The van der Waals surface area contributed by atoms with E-state index in [1.807, 2.05) is 18.2 Å². The zero-order chi connectivity index (χ0) is 22.6. The number of guanidine groups is 1. The maximum absolute atomic E-state index is 5.82. The SMILES string of the molecule is CCNC(=NCc1ccc(OCCCN(C)C)cc1)NCC(c1ccco1)N1CCCC1.I. The summed E-state index contributed by atoms with van der Waals surface area (Å²) >= 11 is 0. The average molecular weight is 570 g/mol. The lowest BCUT2D eigenvalue weighted by atomic mass is 10.2. The van der Waals surface area contributed by atoms with E-state index < -0.39 is 0 Å². The summed E-state index contributed by atoms with van der Waals surface area (Å²) in [4.78, 5) is 9.45. The molecule has 7 nitrogen and oxygen atoms in total. The van der Waals surface area contributed by atoms with Gasteiger partial charge in [-0.05, 0) is 83.2 Å². The van der Waals surface area contributed by atoms with Gasteiger partial charge in [-0.15, -0.1) is 24.0 Å². The molecule has 1 aromatic carbocycles. The first kappa shape index (κ1) is 27.5. The molecule has 33 heavy (non-hydrogen) atoms. The molecule has 1 fully saturated rings. The highest BCUT2D eigenvalue weighted by Gasteiger charge is 2.25. The van der Waals surface area contributed by atoms with Crippen LogP contribution in [0.15, 0.2) is 52.1 Å². The number of rotatable bonds is 12. The molecule has 2 aromatic rings. The van der Waals surface area contributed by atoms with Gasteiger partial charge in [0.1, 0.15) is 11.5 Å². The predicted molar refractivity (Wildman–Crippen MR) is 146 cm³/mol. The summed E-state index contributed by atoms with van der Waals surface area (Å²) in [5.74, 6) is 2.75. The molecule has 0 saturated carbocycles. The Bertz CT molecular complexity index is 790. The van der Waals surface area contributed by atoms with E-state index in [0.717, 1.165) is 68.8 Å². The van der Waals surface area contributed by atoms with Crippen molar-refractivity contribution >= 4 is 29.9 Å². The van der Waals surface area contributed by atoms with Crippen LogP contribution in [0, 0.1) is 0 Å². The van der Waals surface area contributed by atoms with Gasteiger partial charge in [0.25, 0.3) is 0 Å². The third kappa shape index (κ3) is 9.54. The fourth-order valence-electron chi connectivity index (χ4n) is 3.91. The third-order valence-corrected chi connectivity index (χ3v) is 5.62. The first-order valence-electron chi connectivity index (χ1n) is 11.8. The fraction of sp³-hybridized carbons (Fsp3) is 0.560. The lowest BCUT2D eigenvalue weighted by molar-refractivity contribution is 0.215. The third-order valence-electron chi connectivity index (χ3n) is 5.62.